The molecule has 166 valence electrons. The molecule has 0 aliphatic heterocycles. The zero-order valence-electron chi connectivity index (χ0n) is 18.9. The second kappa shape index (κ2) is 9.99. The number of benzene rings is 1. The second-order valence-corrected chi connectivity index (χ2v) is 8.50. The molecule has 31 heavy (non-hydrogen) atoms. The predicted octanol–water partition coefficient (Wildman–Crippen LogP) is 4.62. The molecule has 0 saturated carbocycles. The van der Waals surface area contributed by atoms with Crippen LogP contribution in [0.1, 0.15) is 50.2 Å². The molecule has 1 atom stereocenters. The third-order valence-electron chi connectivity index (χ3n) is 4.59. The molecule has 1 unspecified atom stereocenters. The van der Waals surface area contributed by atoms with Gasteiger partial charge in [0.25, 0.3) is 0 Å². The van der Waals surface area contributed by atoms with E-state index in [1.54, 1.807) is 20.9 Å². The number of allylic oxidation sites excluding steroid dienone is 1. The first-order valence-electron chi connectivity index (χ1n) is 9.79. The fraction of sp³-hybridized carbons (Fsp3) is 0.435. The van der Waals surface area contributed by atoms with E-state index < -0.39 is 12.3 Å². The van der Waals surface area contributed by atoms with Gasteiger partial charge in [0.15, 0.2) is 5.76 Å². The molecule has 0 aliphatic rings. The van der Waals surface area contributed by atoms with Gasteiger partial charge in [0.2, 0.25) is 6.29 Å². The van der Waals surface area contributed by atoms with Crippen LogP contribution in [0.2, 0.25) is 5.02 Å². The van der Waals surface area contributed by atoms with Crippen molar-refractivity contribution in [2.75, 3.05) is 13.7 Å². The van der Waals surface area contributed by atoms with Gasteiger partial charge < -0.3 is 14.2 Å². The molecule has 0 radical (unpaired) electrons. The summed E-state index contributed by atoms with van der Waals surface area (Å²) in [4.78, 5) is 11.8. The van der Waals surface area contributed by atoms with Crippen molar-refractivity contribution in [3.8, 4) is 6.07 Å². The summed E-state index contributed by atoms with van der Waals surface area (Å²) in [6, 6.07) is 9.89. The fourth-order valence-electron chi connectivity index (χ4n) is 3.02. The number of nitrogens with zero attached hydrogens (tertiary/aromatic N) is 3. The van der Waals surface area contributed by atoms with E-state index in [0.717, 1.165) is 5.56 Å². The molecule has 0 aliphatic carbocycles. The molecule has 1 heterocycles. The quantitative estimate of drug-likeness (QED) is 0.267. The molecular weight excluding hydrogens is 418 g/mol. The topological polar surface area (TPSA) is 86.4 Å². The average Bonchev–Trinajstić information content (AvgIpc) is 2.93. The van der Waals surface area contributed by atoms with Crippen LogP contribution in [-0.4, -0.2) is 35.8 Å². The van der Waals surface area contributed by atoms with Gasteiger partial charge in [-0.25, -0.2) is 4.79 Å². The van der Waals surface area contributed by atoms with Gasteiger partial charge in [-0.3, -0.25) is 4.68 Å². The number of methoxy groups -OCH3 is 1. The summed E-state index contributed by atoms with van der Waals surface area (Å²) in [6.07, 6.45) is -0.985. The summed E-state index contributed by atoms with van der Waals surface area (Å²) >= 11 is 6.49. The molecule has 0 saturated heterocycles. The van der Waals surface area contributed by atoms with Crippen LogP contribution in [0.5, 0.6) is 0 Å². The fourth-order valence-corrected chi connectivity index (χ4v) is 3.27. The normalized spacial score (nSPS) is 13.3. The first-order valence-corrected chi connectivity index (χ1v) is 10.2. The monoisotopic (exact) mass is 445 g/mol. The van der Waals surface area contributed by atoms with Gasteiger partial charge >= 0.3 is 5.97 Å². The van der Waals surface area contributed by atoms with Gasteiger partial charge in [0.1, 0.15) is 23.9 Å². The maximum atomic E-state index is 11.8. The molecule has 0 fully saturated rings. The van der Waals surface area contributed by atoms with Gasteiger partial charge in [-0.15, -0.1) is 0 Å². The van der Waals surface area contributed by atoms with Crippen LogP contribution in [0.15, 0.2) is 24.3 Å². The highest BCUT2D eigenvalue weighted by atomic mass is 35.5. The number of hydrogen-bond acceptors (Lipinski definition) is 6. The van der Waals surface area contributed by atoms with Crippen molar-refractivity contribution in [3.05, 3.63) is 51.8 Å². The molecule has 2 aromatic rings. The SMILES string of the molecule is COCC(=O)OC(C)O/C(=C(/C#N)c1ccc(C(C)(C)C)cc1)c1c(Cl)c(C)nn1C. The highest BCUT2D eigenvalue weighted by Crippen LogP contribution is 2.34. The molecule has 0 amide bonds. The largest absolute Gasteiger partial charge is 0.451 e. The lowest BCUT2D eigenvalue weighted by Crippen LogP contribution is -2.21. The number of hydrogen-bond donors (Lipinski definition) is 0. The molecule has 0 N–H and O–H groups in total. The molecule has 1 aromatic heterocycles. The number of halogens is 1. The van der Waals surface area contributed by atoms with Crippen LogP contribution in [0.4, 0.5) is 0 Å². The molecule has 7 nitrogen and oxygen atoms in total. The van der Waals surface area contributed by atoms with Crippen molar-refractivity contribution >= 4 is 28.9 Å². The minimum Gasteiger partial charge on any atom is -0.451 e. The van der Waals surface area contributed by atoms with Gasteiger partial charge in [-0.2, -0.15) is 10.4 Å². The summed E-state index contributed by atoms with van der Waals surface area (Å²) < 4.78 is 17.5. The summed E-state index contributed by atoms with van der Waals surface area (Å²) in [7, 11) is 3.10. The van der Waals surface area contributed by atoms with E-state index in [4.69, 9.17) is 25.8 Å². The van der Waals surface area contributed by atoms with E-state index >= 15 is 0 Å². The summed E-state index contributed by atoms with van der Waals surface area (Å²) in [6.45, 7) is 9.46. The van der Waals surface area contributed by atoms with E-state index in [1.807, 2.05) is 24.3 Å². The first kappa shape index (κ1) is 24.4. The summed E-state index contributed by atoms with van der Waals surface area (Å²) in [5.41, 5.74) is 3.01. The average molecular weight is 446 g/mol. The zero-order valence-corrected chi connectivity index (χ0v) is 19.7. The number of aromatic nitrogens is 2. The predicted molar refractivity (Wildman–Crippen MR) is 119 cm³/mol. The maximum Gasteiger partial charge on any atom is 0.335 e. The number of esters is 1. The molecule has 0 spiro atoms. The Kier molecular flexibility index (Phi) is 7.88. The third-order valence-corrected chi connectivity index (χ3v) is 5.04. The molecular formula is C23H28ClN3O4. The van der Waals surface area contributed by atoms with Crippen LogP contribution in [0.3, 0.4) is 0 Å². The van der Waals surface area contributed by atoms with Crippen molar-refractivity contribution < 1.29 is 19.0 Å². The number of carbonyl (C=O) groups excluding carboxylic acids is 1. The van der Waals surface area contributed by atoms with Crippen LogP contribution < -0.4 is 0 Å². The Bertz CT molecular complexity index is 1010. The van der Waals surface area contributed by atoms with Crippen molar-refractivity contribution in [1.82, 2.24) is 9.78 Å². The number of carbonyl (C=O) groups is 1. The first-order chi connectivity index (χ1) is 14.5. The molecule has 1 aromatic carbocycles. The Morgan fingerprint density at radius 2 is 1.87 bits per heavy atom. The second-order valence-electron chi connectivity index (χ2n) is 8.12. The third kappa shape index (κ3) is 5.87. The van der Waals surface area contributed by atoms with Gasteiger partial charge in [-0.1, -0.05) is 56.6 Å². The Morgan fingerprint density at radius 1 is 1.26 bits per heavy atom. The highest BCUT2D eigenvalue weighted by Gasteiger charge is 2.25. The van der Waals surface area contributed by atoms with Crippen molar-refractivity contribution in [3.63, 3.8) is 0 Å². The van der Waals surface area contributed by atoms with Crippen molar-refractivity contribution in [2.24, 2.45) is 7.05 Å². The Morgan fingerprint density at radius 3 is 2.32 bits per heavy atom. The van der Waals surface area contributed by atoms with Crippen LogP contribution in [0.25, 0.3) is 11.3 Å². The Hall–Kier alpha value is -2.82. The zero-order chi connectivity index (χ0) is 23.3. The smallest absolute Gasteiger partial charge is 0.335 e. The van der Waals surface area contributed by atoms with E-state index in [1.165, 1.54) is 11.8 Å². The number of nitriles is 1. The van der Waals surface area contributed by atoms with E-state index in [9.17, 15) is 10.1 Å². The molecule has 2 rings (SSSR count). The maximum absolute atomic E-state index is 11.8. The van der Waals surface area contributed by atoms with Gasteiger partial charge in [0, 0.05) is 21.1 Å². The van der Waals surface area contributed by atoms with E-state index in [0.29, 0.717) is 22.0 Å². The Labute approximate surface area is 188 Å². The van der Waals surface area contributed by atoms with Crippen molar-refractivity contribution in [2.45, 2.75) is 46.3 Å². The van der Waals surface area contributed by atoms with Crippen LogP contribution in [-0.2, 0) is 31.5 Å². The van der Waals surface area contributed by atoms with E-state index in [2.05, 4.69) is 31.9 Å². The minimum absolute atomic E-state index is 0.0269. The molecule has 0 bridgehead atoms. The number of aryl methyl sites for hydroxylation is 2. The van der Waals surface area contributed by atoms with Crippen LogP contribution in [0, 0.1) is 18.3 Å². The highest BCUT2D eigenvalue weighted by molar-refractivity contribution is 6.33. The summed E-state index contributed by atoms with van der Waals surface area (Å²) in [5.74, 6) is -0.411. The van der Waals surface area contributed by atoms with Crippen molar-refractivity contribution in [1.29, 1.82) is 5.26 Å². The number of ether oxygens (including phenoxy) is 3. The van der Waals surface area contributed by atoms with Gasteiger partial charge in [-0.05, 0) is 23.5 Å². The molecule has 8 heteroatoms. The Balaban J connectivity index is 2.59. The lowest BCUT2D eigenvalue weighted by Gasteiger charge is -2.21. The lowest BCUT2D eigenvalue weighted by molar-refractivity contribution is -0.168. The minimum atomic E-state index is -0.985. The van der Waals surface area contributed by atoms with E-state index in [-0.39, 0.29) is 23.4 Å². The summed E-state index contributed by atoms with van der Waals surface area (Å²) in [5, 5.41) is 14.7. The standard InChI is InChI=1S/C23H28ClN3O4/c1-14-20(24)21(27(6)26-14)22(31-15(2)30-19(28)13-29-7)18(12-25)16-8-10-17(11-9-16)23(3,4)5/h8-11,15H,13H2,1-7H3/b22-18-. The van der Waals surface area contributed by atoms with Crippen LogP contribution >= 0.6 is 11.6 Å². The number of rotatable bonds is 7. The van der Waals surface area contributed by atoms with Gasteiger partial charge in [0.05, 0.1) is 10.7 Å². The lowest BCUT2D eigenvalue weighted by atomic mass is 9.86.